The summed E-state index contributed by atoms with van der Waals surface area (Å²) in [6.45, 7) is 6.31. The van der Waals surface area contributed by atoms with Crippen molar-refractivity contribution in [1.82, 2.24) is 5.32 Å². The van der Waals surface area contributed by atoms with Gasteiger partial charge >= 0.3 is 5.97 Å². The molecule has 0 aromatic carbocycles. The summed E-state index contributed by atoms with van der Waals surface area (Å²) in [5.41, 5.74) is 0. The molecule has 6 heteroatoms. The molecule has 0 bridgehead atoms. The van der Waals surface area contributed by atoms with Crippen LogP contribution >= 0.6 is 0 Å². The Morgan fingerprint density at radius 2 is 0.915 bits per heavy atom. The molecule has 1 amide bonds. The highest BCUT2D eigenvalue weighted by molar-refractivity contribution is 5.77. The van der Waals surface area contributed by atoms with Crippen molar-refractivity contribution in [3.8, 4) is 0 Å². The third-order valence-corrected chi connectivity index (χ3v) is 10.8. The fraction of sp³-hybridized carbons (Fsp3) is 0.736. The molecular weight excluding hydrogens is 731 g/mol. The van der Waals surface area contributed by atoms with Crippen LogP contribution in [0.5, 0.6) is 0 Å². The van der Waals surface area contributed by atoms with Gasteiger partial charge in [0.1, 0.15) is 6.10 Å². The summed E-state index contributed by atoms with van der Waals surface area (Å²) in [4.78, 5) is 26.1. The zero-order valence-corrected chi connectivity index (χ0v) is 38.6. The Morgan fingerprint density at radius 1 is 0.508 bits per heavy atom. The summed E-state index contributed by atoms with van der Waals surface area (Å²) >= 11 is 0. The minimum Gasteiger partial charge on any atom is -0.462 e. The zero-order chi connectivity index (χ0) is 43.1. The molecule has 3 atom stereocenters. The molecule has 0 rings (SSSR count). The molecule has 3 N–H and O–H groups in total. The average Bonchev–Trinajstić information content (AvgIpc) is 3.23. The maximum atomic E-state index is 13.2. The van der Waals surface area contributed by atoms with Gasteiger partial charge in [-0.15, -0.1) is 0 Å². The highest BCUT2D eigenvalue weighted by Gasteiger charge is 2.24. The van der Waals surface area contributed by atoms with Crippen LogP contribution in [0.3, 0.4) is 0 Å². The smallest absolute Gasteiger partial charge is 0.306 e. The molecule has 3 unspecified atom stereocenters. The van der Waals surface area contributed by atoms with Crippen molar-refractivity contribution in [2.24, 2.45) is 0 Å². The number of rotatable bonds is 43. The third-order valence-electron chi connectivity index (χ3n) is 10.8. The lowest BCUT2D eigenvalue weighted by Gasteiger charge is -2.24. The van der Waals surface area contributed by atoms with Crippen LogP contribution in [-0.4, -0.2) is 46.9 Å². The SMILES string of the molecule is CC/C=C/C/C=C/C/C=C/CCCCC(CC(=O)NC(CO)C(O)CCCCCCCCCCCCC)OC(=O)CCCCCC/C=C\C/C=C\C/C=C\CCCCC. The normalized spacial score (nSPS) is 13.9. The van der Waals surface area contributed by atoms with Crippen LogP contribution in [0.25, 0.3) is 0 Å². The highest BCUT2D eigenvalue weighted by atomic mass is 16.5. The van der Waals surface area contributed by atoms with E-state index < -0.39 is 18.2 Å². The van der Waals surface area contributed by atoms with Crippen molar-refractivity contribution in [2.75, 3.05) is 6.61 Å². The quantitative estimate of drug-likeness (QED) is 0.0323. The van der Waals surface area contributed by atoms with Gasteiger partial charge in [0.05, 0.1) is 25.2 Å². The van der Waals surface area contributed by atoms with E-state index in [1.165, 1.54) is 77.0 Å². The lowest BCUT2D eigenvalue weighted by atomic mass is 10.0. The predicted molar refractivity (Wildman–Crippen MR) is 255 cm³/mol. The van der Waals surface area contributed by atoms with Gasteiger partial charge in [0.2, 0.25) is 5.91 Å². The number of unbranched alkanes of at least 4 members (excludes halogenated alkanes) is 19. The number of hydrogen-bond donors (Lipinski definition) is 3. The maximum absolute atomic E-state index is 13.2. The first kappa shape index (κ1) is 56.3. The second kappa shape index (κ2) is 46.4. The van der Waals surface area contributed by atoms with E-state index in [1.807, 2.05) is 0 Å². The number of nitrogens with one attached hydrogen (secondary N) is 1. The van der Waals surface area contributed by atoms with E-state index >= 15 is 0 Å². The van der Waals surface area contributed by atoms with Crippen LogP contribution in [-0.2, 0) is 14.3 Å². The number of carbonyl (C=O) groups excluding carboxylic acids is 2. The van der Waals surface area contributed by atoms with Gasteiger partial charge in [-0.3, -0.25) is 9.59 Å². The lowest BCUT2D eigenvalue weighted by molar-refractivity contribution is -0.151. The molecule has 0 spiro atoms. The third kappa shape index (κ3) is 41.8. The number of amides is 1. The van der Waals surface area contributed by atoms with E-state index in [1.54, 1.807) is 0 Å². The first-order chi connectivity index (χ1) is 29.0. The van der Waals surface area contributed by atoms with Crippen molar-refractivity contribution in [3.63, 3.8) is 0 Å². The van der Waals surface area contributed by atoms with Crippen LogP contribution in [0, 0.1) is 0 Å². The Morgan fingerprint density at radius 3 is 1.44 bits per heavy atom. The highest BCUT2D eigenvalue weighted by Crippen LogP contribution is 2.16. The summed E-state index contributed by atoms with van der Waals surface area (Å²) in [5, 5.41) is 23.7. The van der Waals surface area contributed by atoms with Gasteiger partial charge in [0.25, 0.3) is 0 Å². The molecule has 59 heavy (non-hydrogen) atoms. The van der Waals surface area contributed by atoms with Crippen molar-refractivity contribution in [1.29, 1.82) is 0 Å². The van der Waals surface area contributed by atoms with Gasteiger partial charge < -0.3 is 20.3 Å². The predicted octanol–water partition coefficient (Wildman–Crippen LogP) is 14.6. The van der Waals surface area contributed by atoms with Crippen LogP contribution in [0.1, 0.15) is 226 Å². The molecule has 0 saturated heterocycles. The Kier molecular flexibility index (Phi) is 44.2. The maximum Gasteiger partial charge on any atom is 0.306 e. The topological polar surface area (TPSA) is 95.9 Å². The number of carbonyl (C=O) groups is 2. The van der Waals surface area contributed by atoms with Gasteiger partial charge in [-0.2, -0.15) is 0 Å². The number of esters is 1. The Labute approximate surface area is 364 Å². The summed E-state index contributed by atoms with van der Waals surface area (Å²) < 4.78 is 5.89. The lowest BCUT2D eigenvalue weighted by Crippen LogP contribution is -2.46. The number of aliphatic hydroxyl groups is 2. The Hall–Kier alpha value is -2.70. The first-order valence-corrected chi connectivity index (χ1v) is 24.7. The van der Waals surface area contributed by atoms with Crippen molar-refractivity contribution < 1.29 is 24.5 Å². The fourth-order valence-corrected chi connectivity index (χ4v) is 7.04. The summed E-state index contributed by atoms with van der Waals surface area (Å²) in [6.07, 6.45) is 58.2. The van der Waals surface area contributed by atoms with Gasteiger partial charge in [-0.05, 0) is 96.3 Å². The van der Waals surface area contributed by atoms with E-state index in [-0.39, 0.29) is 24.9 Å². The van der Waals surface area contributed by atoms with E-state index in [2.05, 4.69) is 99.0 Å². The molecule has 0 heterocycles. The molecule has 0 aromatic heterocycles. The number of aliphatic hydroxyl groups excluding tert-OH is 2. The minimum atomic E-state index is -0.803. The van der Waals surface area contributed by atoms with Crippen LogP contribution in [0.2, 0.25) is 0 Å². The largest absolute Gasteiger partial charge is 0.462 e. The molecule has 0 radical (unpaired) electrons. The number of hydrogen-bond acceptors (Lipinski definition) is 5. The molecular formula is C53H93NO5. The molecule has 6 nitrogen and oxygen atoms in total. The molecule has 340 valence electrons. The fourth-order valence-electron chi connectivity index (χ4n) is 7.04. The van der Waals surface area contributed by atoms with E-state index in [0.29, 0.717) is 19.3 Å². The minimum absolute atomic E-state index is 0.0395. The van der Waals surface area contributed by atoms with Crippen LogP contribution < -0.4 is 5.32 Å². The second-order valence-corrected chi connectivity index (χ2v) is 16.5. The van der Waals surface area contributed by atoms with Crippen molar-refractivity contribution in [3.05, 3.63) is 72.9 Å². The van der Waals surface area contributed by atoms with E-state index in [0.717, 1.165) is 103 Å². The monoisotopic (exact) mass is 824 g/mol. The van der Waals surface area contributed by atoms with Gasteiger partial charge in [0, 0.05) is 6.42 Å². The Balaban J connectivity index is 4.66. The van der Waals surface area contributed by atoms with Crippen LogP contribution in [0.4, 0.5) is 0 Å². The average molecular weight is 824 g/mol. The summed E-state index contributed by atoms with van der Waals surface area (Å²) in [7, 11) is 0. The summed E-state index contributed by atoms with van der Waals surface area (Å²) in [5.74, 6) is -0.542. The standard InChI is InChI=1S/C53H93NO5/c1-4-7-10-13-16-19-22-24-25-26-27-28-31-34-37-40-43-46-53(58)59-49(44-41-38-35-32-30-23-20-17-14-11-8-5-2)47-52(57)54-50(48-55)51(56)45-42-39-36-33-29-21-18-15-12-9-6-3/h8,11,16-17,19-20,24-25,27-28,30,32,49-51,55-56H,4-7,9-10,12-15,18,21-23,26,29,31,33-48H2,1-3H3,(H,54,57)/b11-8+,19-16-,20-17+,25-24-,28-27-,32-30+. The van der Waals surface area contributed by atoms with Gasteiger partial charge in [0.15, 0.2) is 0 Å². The van der Waals surface area contributed by atoms with Crippen LogP contribution in [0.15, 0.2) is 72.9 Å². The molecule has 0 aliphatic heterocycles. The molecule has 0 aliphatic rings. The molecule has 0 fully saturated rings. The molecule has 0 aromatic rings. The second-order valence-electron chi connectivity index (χ2n) is 16.5. The first-order valence-electron chi connectivity index (χ1n) is 24.7. The number of ether oxygens (including phenoxy) is 1. The zero-order valence-electron chi connectivity index (χ0n) is 38.6. The summed E-state index contributed by atoms with van der Waals surface area (Å²) in [6, 6.07) is -0.720. The number of allylic oxidation sites excluding steroid dienone is 12. The van der Waals surface area contributed by atoms with E-state index in [9.17, 15) is 19.8 Å². The molecule has 0 saturated carbocycles. The van der Waals surface area contributed by atoms with Crippen molar-refractivity contribution >= 4 is 11.9 Å². The Bertz CT molecular complexity index is 1110. The van der Waals surface area contributed by atoms with Crippen molar-refractivity contribution in [2.45, 2.75) is 244 Å². The van der Waals surface area contributed by atoms with E-state index in [4.69, 9.17) is 4.74 Å². The van der Waals surface area contributed by atoms with Gasteiger partial charge in [-0.25, -0.2) is 0 Å². The van der Waals surface area contributed by atoms with Gasteiger partial charge in [-0.1, -0.05) is 190 Å². The molecule has 0 aliphatic carbocycles.